The van der Waals surface area contributed by atoms with Crippen molar-refractivity contribution in [3.05, 3.63) is 70.3 Å². The molecule has 0 fully saturated rings. The van der Waals surface area contributed by atoms with Crippen molar-refractivity contribution >= 4 is 9.84 Å². The second-order valence-corrected chi connectivity index (χ2v) is 7.74. The maximum Gasteiger partial charge on any atom is 0.157 e. The maximum atomic E-state index is 13.6. The van der Waals surface area contributed by atoms with E-state index in [1.165, 1.54) is 0 Å². The normalized spacial score (nSPS) is 13.1. The Labute approximate surface area is 134 Å². The SMILES string of the molecule is Cc1ccc(C)c(CS(=O)(=O)CC(O)c2c(F)cccc2F)c1. The second kappa shape index (κ2) is 6.76. The van der Waals surface area contributed by atoms with Gasteiger partial charge in [0.1, 0.15) is 11.6 Å². The first-order chi connectivity index (χ1) is 10.7. The van der Waals surface area contributed by atoms with Crippen molar-refractivity contribution in [2.75, 3.05) is 5.75 Å². The van der Waals surface area contributed by atoms with Gasteiger partial charge in [0.15, 0.2) is 9.84 Å². The van der Waals surface area contributed by atoms with Crippen molar-refractivity contribution in [3.63, 3.8) is 0 Å². The average molecular weight is 340 g/mol. The highest BCUT2D eigenvalue weighted by atomic mass is 32.2. The molecule has 0 saturated carbocycles. The molecule has 23 heavy (non-hydrogen) atoms. The van der Waals surface area contributed by atoms with E-state index in [1.807, 2.05) is 19.1 Å². The average Bonchev–Trinajstić information content (AvgIpc) is 2.41. The Hall–Kier alpha value is -1.79. The van der Waals surface area contributed by atoms with Gasteiger partial charge < -0.3 is 5.11 Å². The molecule has 0 saturated heterocycles. The second-order valence-electron chi connectivity index (χ2n) is 5.64. The third-order valence-corrected chi connectivity index (χ3v) is 5.20. The van der Waals surface area contributed by atoms with Gasteiger partial charge in [-0.2, -0.15) is 0 Å². The Bertz CT molecular complexity index is 796. The molecule has 0 radical (unpaired) electrons. The lowest BCUT2D eigenvalue weighted by atomic mass is 10.1. The fourth-order valence-corrected chi connectivity index (χ4v) is 3.95. The van der Waals surface area contributed by atoms with Crippen LogP contribution < -0.4 is 0 Å². The molecule has 0 aromatic heterocycles. The monoisotopic (exact) mass is 340 g/mol. The summed E-state index contributed by atoms with van der Waals surface area (Å²) in [5, 5.41) is 9.96. The molecular formula is C17H18F2O3S. The molecule has 1 unspecified atom stereocenters. The van der Waals surface area contributed by atoms with Crippen LogP contribution in [0.4, 0.5) is 8.78 Å². The molecule has 0 spiro atoms. The first-order valence-electron chi connectivity index (χ1n) is 7.08. The fraction of sp³-hybridized carbons (Fsp3) is 0.294. The van der Waals surface area contributed by atoms with Gasteiger partial charge in [0.25, 0.3) is 0 Å². The van der Waals surface area contributed by atoms with Gasteiger partial charge in [-0.25, -0.2) is 17.2 Å². The Morgan fingerprint density at radius 2 is 1.70 bits per heavy atom. The summed E-state index contributed by atoms with van der Waals surface area (Å²) < 4.78 is 51.8. The van der Waals surface area contributed by atoms with E-state index in [4.69, 9.17) is 0 Å². The zero-order chi connectivity index (χ0) is 17.2. The number of rotatable bonds is 5. The van der Waals surface area contributed by atoms with Crippen molar-refractivity contribution < 1.29 is 22.3 Å². The number of aliphatic hydroxyl groups excluding tert-OH is 1. The quantitative estimate of drug-likeness (QED) is 0.909. The van der Waals surface area contributed by atoms with Gasteiger partial charge in [-0.3, -0.25) is 0 Å². The number of hydrogen-bond donors (Lipinski definition) is 1. The van der Waals surface area contributed by atoms with E-state index in [2.05, 4.69) is 0 Å². The van der Waals surface area contributed by atoms with Gasteiger partial charge in [-0.05, 0) is 37.1 Å². The third-order valence-electron chi connectivity index (χ3n) is 3.62. The number of aliphatic hydroxyl groups is 1. The van der Waals surface area contributed by atoms with Gasteiger partial charge in [-0.15, -0.1) is 0 Å². The highest BCUT2D eigenvalue weighted by Crippen LogP contribution is 2.24. The minimum Gasteiger partial charge on any atom is -0.387 e. The molecule has 2 aromatic carbocycles. The summed E-state index contributed by atoms with van der Waals surface area (Å²) in [4.78, 5) is 0. The van der Waals surface area contributed by atoms with E-state index >= 15 is 0 Å². The van der Waals surface area contributed by atoms with Crippen LogP contribution in [0, 0.1) is 25.5 Å². The minimum absolute atomic E-state index is 0.284. The zero-order valence-corrected chi connectivity index (χ0v) is 13.7. The van der Waals surface area contributed by atoms with Crippen molar-refractivity contribution in [1.29, 1.82) is 0 Å². The lowest BCUT2D eigenvalue weighted by molar-refractivity contribution is 0.191. The molecule has 0 aliphatic heterocycles. The maximum absolute atomic E-state index is 13.6. The van der Waals surface area contributed by atoms with Gasteiger partial charge in [0, 0.05) is 0 Å². The number of halogens is 2. The Kier molecular flexibility index (Phi) is 5.16. The van der Waals surface area contributed by atoms with Crippen molar-refractivity contribution in [2.45, 2.75) is 25.7 Å². The number of aryl methyl sites for hydroxylation is 2. The lowest BCUT2D eigenvalue weighted by Gasteiger charge is -2.14. The van der Waals surface area contributed by atoms with Crippen LogP contribution in [0.5, 0.6) is 0 Å². The van der Waals surface area contributed by atoms with Crippen molar-refractivity contribution in [3.8, 4) is 0 Å². The summed E-state index contributed by atoms with van der Waals surface area (Å²) in [6.07, 6.45) is -1.74. The van der Waals surface area contributed by atoms with Gasteiger partial charge in [0.2, 0.25) is 0 Å². The largest absolute Gasteiger partial charge is 0.387 e. The first kappa shape index (κ1) is 17.6. The Morgan fingerprint density at radius 3 is 2.30 bits per heavy atom. The zero-order valence-electron chi connectivity index (χ0n) is 12.9. The summed E-state index contributed by atoms with van der Waals surface area (Å²) in [7, 11) is -3.74. The van der Waals surface area contributed by atoms with Crippen LogP contribution in [0.2, 0.25) is 0 Å². The topological polar surface area (TPSA) is 54.4 Å². The molecule has 124 valence electrons. The van der Waals surface area contributed by atoms with E-state index in [0.29, 0.717) is 5.56 Å². The smallest absolute Gasteiger partial charge is 0.157 e. The fourth-order valence-electron chi connectivity index (χ4n) is 2.40. The van der Waals surface area contributed by atoms with Gasteiger partial charge in [-0.1, -0.05) is 29.8 Å². The van der Waals surface area contributed by atoms with Crippen LogP contribution in [0.1, 0.15) is 28.4 Å². The summed E-state index contributed by atoms with van der Waals surface area (Å²) in [6.45, 7) is 3.64. The lowest BCUT2D eigenvalue weighted by Crippen LogP contribution is -2.18. The predicted octanol–water partition coefficient (Wildman–Crippen LogP) is 3.23. The van der Waals surface area contributed by atoms with Gasteiger partial charge in [0.05, 0.1) is 23.2 Å². The molecule has 1 atom stereocenters. The Morgan fingerprint density at radius 1 is 1.09 bits per heavy atom. The molecule has 0 heterocycles. The molecule has 6 heteroatoms. The molecular weight excluding hydrogens is 322 g/mol. The number of sulfone groups is 1. The molecule has 2 aromatic rings. The highest BCUT2D eigenvalue weighted by molar-refractivity contribution is 7.90. The number of benzene rings is 2. The van der Waals surface area contributed by atoms with Crippen LogP contribution in [0.3, 0.4) is 0 Å². The van der Waals surface area contributed by atoms with E-state index in [9.17, 15) is 22.3 Å². The molecule has 3 nitrogen and oxygen atoms in total. The molecule has 1 N–H and O–H groups in total. The van der Waals surface area contributed by atoms with E-state index < -0.39 is 38.9 Å². The van der Waals surface area contributed by atoms with Gasteiger partial charge >= 0.3 is 0 Å². The minimum atomic E-state index is -3.74. The summed E-state index contributed by atoms with van der Waals surface area (Å²) in [6, 6.07) is 8.56. The van der Waals surface area contributed by atoms with E-state index in [1.54, 1.807) is 13.0 Å². The van der Waals surface area contributed by atoms with Crippen molar-refractivity contribution in [2.24, 2.45) is 0 Å². The third kappa shape index (κ3) is 4.36. The van der Waals surface area contributed by atoms with Crippen LogP contribution in [-0.4, -0.2) is 19.3 Å². The van der Waals surface area contributed by atoms with Crippen LogP contribution >= 0.6 is 0 Å². The first-order valence-corrected chi connectivity index (χ1v) is 8.90. The summed E-state index contributed by atoms with van der Waals surface area (Å²) >= 11 is 0. The molecule has 2 rings (SSSR count). The van der Waals surface area contributed by atoms with Crippen LogP contribution in [0.25, 0.3) is 0 Å². The van der Waals surface area contributed by atoms with E-state index in [0.717, 1.165) is 29.3 Å². The standard InChI is InChI=1S/C17H18F2O3S/c1-11-6-7-12(2)13(8-11)9-23(21,22)10-16(20)17-14(18)4-3-5-15(17)19/h3-8,16,20H,9-10H2,1-2H3. The molecule has 0 amide bonds. The predicted molar refractivity (Wildman–Crippen MR) is 84.7 cm³/mol. The summed E-state index contributed by atoms with van der Waals surface area (Å²) in [5.74, 6) is -2.94. The highest BCUT2D eigenvalue weighted by Gasteiger charge is 2.24. The van der Waals surface area contributed by atoms with Crippen LogP contribution in [0.15, 0.2) is 36.4 Å². The molecule has 0 aliphatic carbocycles. The van der Waals surface area contributed by atoms with E-state index in [-0.39, 0.29) is 5.75 Å². The molecule has 0 bridgehead atoms. The summed E-state index contributed by atoms with van der Waals surface area (Å²) in [5.41, 5.74) is 1.73. The van der Waals surface area contributed by atoms with Crippen molar-refractivity contribution in [1.82, 2.24) is 0 Å². The number of hydrogen-bond acceptors (Lipinski definition) is 3. The molecule has 0 aliphatic rings. The van der Waals surface area contributed by atoms with Crippen LogP contribution in [-0.2, 0) is 15.6 Å². The Balaban J connectivity index is 2.23.